The molecular formula is C23H29ClFN3OS2. The minimum absolute atomic E-state index is 0. The van der Waals surface area contributed by atoms with Crippen LogP contribution in [-0.2, 0) is 4.79 Å². The van der Waals surface area contributed by atoms with E-state index in [4.69, 9.17) is 4.98 Å². The van der Waals surface area contributed by atoms with Crippen molar-refractivity contribution in [2.24, 2.45) is 0 Å². The molecule has 0 aliphatic rings. The molecule has 0 saturated carbocycles. The van der Waals surface area contributed by atoms with E-state index in [0.29, 0.717) is 13.0 Å². The Labute approximate surface area is 198 Å². The van der Waals surface area contributed by atoms with E-state index in [0.717, 1.165) is 39.0 Å². The lowest BCUT2D eigenvalue weighted by Gasteiger charge is -2.22. The van der Waals surface area contributed by atoms with Crippen LogP contribution in [0.15, 0.2) is 41.3 Å². The molecule has 1 amide bonds. The molecule has 3 aromatic rings. The number of fused-ring (bicyclic) bond motifs is 1. The molecule has 31 heavy (non-hydrogen) atoms. The van der Waals surface area contributed by atoms with Gasteiger partial charge in [0.2, 0.25) is 5.91 Å². The first-order valence-corrected chi connectivity index (χ1v) is 11.8. The summed E-state index contributed by atoms with van der Waals surface area (Å²) in [6, 6.07) is 10.7. The molecule has 2 aromatic carbocycles. The highest BCUT2D eigenvalue weighted by Crippen LogP contribution is 2.32. The van der Waals surface area contributed by atoms with E-state index in [1.165, 1.54) is 23.3 Å². The fourth-order valence-corrected chi connectivity index (χ4v) is 5.10. The Kier molecular flexibility index (Phi) is 9.75. The summed E-state index contributed by atoms with van der Waals surface area (Å²) in [6.45, 7) is 5.56. The summed E-state index contributed by atoms with van der Waals surface area (Å²) >= 11 is 3.24. The molecule has 0 aliphatic carbocycles. The number of thiazole rings is 1. The Bertz CT molecular complexity index is 1010. The summed E-state index contributed by atoms with van der Waals surface area (Å²) in [7, 11) is 4.02. The Morgan fingerprint density at radius 3 is 2.52 bits per heavy atom. The van der Waals surface area contributed by atoms with Crippen LogP contribution in [0.3, 0.4) is 0 Å². The Morgan fingerprint density at radius 1 is 1.13 bits per heavy atom. The lowest BCUT2D eigenvalue weighted by molar-refractivity contribution is -0.118. The number of amides is 1. The van der Waals surface area contributed by atoms with Crippen molar-refractivity contribution in [3.05, 3.63) is 53.3 Å². The molecule has 0 aliphatic heterocycles. The maximum absolute atomic E-state index is 13.1. The zero-order valence-corrected chi connectivity index (χ0v) is 20.8. The highest BCUT2D eigenvalue weighted by atomic mass is 35.5. The van der Waals surface area contributed by atoms with Crippen molar-refractivity contribution in [1.29, 1.82) is 0 Å². The molecule has 0 atom stereocenters. The average molecular weight is 482 g/mol. The summed E-state index contributed by atoms with van der Waals surface area (Å²) < 4.78 is 14.2. The predicted molar refractivity (Wildman–Crippen MR) is 134 cm³/mol. The van der Waals surface area contributed by atoms with Gasteiger partial charge in [-0.25, -0.2) is 9.37 Å². The fourth-order valence-electron chi connectivity index (χ4n) is 3.19. The van der Waals surface area contributed by atoms with Gasteiger partial charge >= 0.3 is 0 Å². The highest BCUT2D eigenvalue weighted by molar-refractivity contribution is 7.99. The molecule has 4 nitrogen and oxygen atoms in total. The predicted octanol–water partition coefficient (Wildman–Crippen LogP) is 5.94. The molecule has 1 heterocycles. The topological polar surface area (TPSA) is 36.4 Å². The normalized spacial score (nSPS) is 11.0. The van der Waals surface area contributed by atoms with Crippen LogP contribution < -0.4 is 4.90 Å². The monoisotopic (exact) mass is 481 g/mol. The van der Waals surface area contributed by atoms with Gasteiger partial charge in [-0.1, -0.05) is 17.4 Å². The number of carbonyl (C=O) groups excluding carboxylic acids is 1. The Hall–Kier alpha value is -1.67. The SMILES string of the molecule is Cc1cc(C)c2sc(N(CCN(C)C)C(=O)CCCSc3ccc(F)cc3)nc2c1.Cl. The van der Waals surface area contributed by atoms with Gasteiger partial charge in [0, 0.05) is 24.4 Å². The number of rotatable bonds is 9. The van der Waals surface area contributed by atoms with E-state index in [-0.39, 0.29) is 24.1 Å². The van der Waals surface area contributed by atoms with E-state index in [1.54, 1.807) is 35.2 Å². The van der Waals surface area contributed by atoms with Gasteiger partial charge in [0.15, 0.2) is 5.13 Å². The third kappa shape index (κ3) is 7.17. The Balaban J connectivity index is 0.00000341. The van der Waals surface area contributed by atoms with Crippen LogP contribution in [0.2, 0.25) is 0 Å². The first-order valence-electron chi connectivity index (χ1n) is 10.0. The molecule has 0 radical (unpaired) electrons. The van der Waals surface area contributed by atoms with Gasteiger partial charge < -0.3 is 4.90 Å². The van der Waals surface area contributed by atoms with Crippen LogP contribution in [0, 0.1) is 19.7 Å². The zero-order chi connectivity index (χ0) is 21.7. The third-order valence-electron chi connectivity index (χ3n) is 4.73. The summed E-state index contributed by atoms with van der Waals surface area (Å²) in [5.74, 6) is 0.689. The summed E-state index contributed by atoms with van der Waals surface area (Å²) in [5.41, 5.74) is 3.34. The van der Waals surface area contributed by atoms with Gasteiger partial charge in [0.1, 0.15) is 5.82 Å². The van der Waals surface area contributed by atoms with Crippen molar-refractivity contribution >= 4 is 56.8 Å². The van der Waals surface area contributed by atoms with Crippen LogP contribution in [-0.4, -0.2) is 48.7 Å². The van der Waals surface area contributed by atoms with Gasteiger partial charge in [-0.2, -0.15) is 0 Å². The number of anilines is 1. The van der Waals surface area contributed by atoms with Crippen molar-refractivity contribution in [3.63, 3.8) is 0 Å². The van der Waals surface area contributed by atoms with Crippen LogP contribution in [0.4, 0.5) is 9.52 Å². The molecule has 3 rings (SSSR count). The molecule has 0 unspecified atom stereocenters. The number of benzene rings is 2. The zero-order valence-electron chi connectivity index (χ0n) is 18.4. The number of hydrogen-bond donors (Lipinski definition) is 0. The van der Waals surface area contributed by atoms with Gasteiger partial charge in [0.05, 0.1) is 10.2 Å². The molecule has 0 saturated heterocycles. The first-order chi connectivity index (χ1) is 14.3. The van der Waals surface area contributed by atoms with Crippen LogP contribution in [0.5, 0.6) is 0 Å². The molecule has 0 fully saturated rings. The van der Waals surface area contributed by atoms with Crippen molar-refractivity contribution in [3.8, 4) is 0 Å². The summed E-state index contributed by atoms with van der Waals surface area (Å²) in [6.07, 6.45) is 1.23. The lowest BCUT2D eigenvalue weighted by atomic mass is 10.1. The number of nitrogens with zero attached hydrogens (tertiary/aromatic N) is 3. The first kappa shape index (κ1) is 25.6. The van der Waals surface area contributed by atoms with Crippen molar-refractivity contribution in [2.45, 2.75) is 31.6 Å². The van der Waals surface area contributed by atoms with Crippen molar-refractivity contribution < 1.29 is 9.18 Å². The largest absolute Gasteiger partial charge is 0.308 e. The van der Waals surface area contributed by atoms with Gasteiger partial charge in [-0.05, 0) is 81.6 Å². The summed E-state index contributed by atoms with van der Waals surface area (Å²) in [4.78, 5) is 22.8. The van der Waals surface area contributed by atoms with Crippen LogP contribution in [0.25, 0.3) is 10.2 Å². The third-order valence-corrected chi connectivity index (χ3v) is 7.06. The van der Waals surface area contributed by atoms with Gasteiger partial charge in [0.25, 0.3) is 0 Å². The second-order valence-corrected chi connectivity index (χ2v) is 9.83. The number of hydrogen-bond acceptors (Lipinski definition) is 5. The molecule has 0 bridgehead atoms. The fraction of sp³-hybridized carbons (Fsp3) is 0.391. The number of carbonyl (C=O) groups is 1. The molecule has 0 spiro atoms. The maximum Gasteiger partial charge on any atom is 0.228 e. The quantitative estimate of drug-likeness (QED) is 0.280. The van der Waals surface area contributed by atoms with Crippen molar-refractivity contribution in [2.75, 3.05) is 37.8 Å². The van der Waals surface area contributed by atoms with Gasteiger partial charge in [-0.3, -0.25) is 9.69 Å². The molecule has 1 aromatic heterocycles. The number of halogens is 2. The average Bonchev–Trinajstić information content (AvgIpc) is 3.10. The van der Waals surface area contributed by atoms with Crippen LogP contribution in [0.1, 0.15) is 24.0 Å². The highest BCUT2D eigenvalue weighted by Gasteiger charge is 2.20. The smallest absolute Gasteiger partial charge is 0.228 e. The van der Waals surface area contributed by atoms with E-state index in [9.17, 15) is 9.18 Å². The standard InChI is InChI=1S/C23H28FN3OS2.ClH/c1-16-14-17(2)22-20(15-16)25-23(30-22)27(12-11-26(3)4)21(28)6-5-13-29-19-9-7-18(24)8-10-19;/h7-10,14-15H,5-6,11-13H2,1-4H3;1H. The number of thioether (sulfide) groups is 1. The van der Waals surface area contributed by atoms with E-state index >= 15 is 0 Å². The molecule has 168 valence electrons. The second kappa shape index (κ2) is 11.8. The lowest BCUT2D eigenvalue weighted by Crippen LogP contribution is -2.36. The van der Waals surface area contributed by atoms with Crippen LogP contribution >= 0.6 is 35.5 Å². The number of likely N-dealkylation sites (N-methyl/N-ethyl adjacent to an activating group) is 1. The van der Waals surface area contributed by atoms with E-state index in [2.05, 4.69) is 30.9 Å². The van der Waals surface area contributed by atoms with Gasteiger partial charge in [-0.15, -0.1) is 24.2 Å². The van der Waals surface area contributed by atoms with E-state index in [1.807, 2.05) is 19.0 Å². The molecule has 8 heteroatoms. The Morgan fingerprint density at radius 2 is 1.84 bits per heavy atom. The second-order valence-electron chi connectivity index (χ2n) is 7.68. The van der Waals surface area contributed by atoms with E-state index < -0.39 is 0 Å². The number of aryl methyl sites for hydroxylation is 2. The molecule has 0 N–H and O–H groups in total. The minimum Gasteiger partial charge on any atom is -0.308 e. The summed E-state index contributed by atoms with van der Waals surface area (Å²) in [5, 5.41) is 0.775. The minimum atomic E-state index is -0.229. The number of aromatic nitrogens is 1. The van der Waals surface area contributed by atoms with Crippen molar-refractivity contribution in [1.82, 2.24) is 9.88 Å². The molecular weight excluding hydrogens is 453 g/mol. The maximum atomic E-state index is 13.1.